The van der Waals surface area contributed by atoms with Crippen molar-refractivity contribution in [2.45, 2.75) is 6.04 Å². The summed E-state index contributed by atoms with van der Waals surface area (Å²) in [6.07, 6.45) is 1.58. The van der Waals surface area contributed by atoms with Crippen LogP contribution in [0, 0.1) is 10.1 Å². The van der Waals surface area contributed by atoms with Gasteiger partial charge in [0.2, 0.25) is 0 Å². The lowest BCUT2D eigenvalue weighted by atomic mass is 10.1. The number of nitro benzene ring substituents is 1. The fraction of sp³-hybridized carbons (Fsp3) is 0.222. The van der Waals surface area contributed by atoms with E-state index in [1.165, 1.54) is 12.1 Å². The summed E-state index contributed by atoms with van der Waals surface area (Å²) in [5.74, 6) is 0. The van der Waals surface area contributed by atoms with Crippen molar-refractivity contribution in [2.24, 2.45) is 10.7 Å². The molecule has 0 saturated heterocycles. The summed E-state index contributed by atoms with van der Waals surface area (Å²) in [6, 6.07) is 5.81. The SMILES string of the molecule is CN=CC(N)c1ccc([N+](=O)[O-])cc1. The van der Waals surface area contributed by atoms with Crippen molar-refractivity contribution in [3.8, 4) is 0 Å². The summed E-state index contributed by atoms with van der Waals surface area (Å²) in [4.78, 5) is 13.7. The molecule has 1 aromatic rings. The van der Waals surface area contributed by atoms with Gasteiger partial charge in [-0.15, -0.1) is 0 Å². The average Bonchev–Trinajstić information content (AvgIpc) is 2.18. The molecule has 1 atom stereocenters. The second-order valence-corrected chi connectivity index (χ2v) is 2.78. The van der Waals surface area contributed by atoms with Gasteiger partial charge >= 0.3 is 0 Å². The highest BCUT2D eigenvalue weighted by atomic mass is 16.6. The molecule has 0 aromatic heterocycles. The molecule has 0 radical (unpaired) electrons. The molecule has 1 rings (SSSR count). The largest absolute Gasteiger partial charge is 0.320 e. The number of hydrogen-bond donors (Lipinski definition) is 1. The lowest BCUT2D eigenvalue weighted by Crippen LogP contribution is -2.11. The number of non-ortho nitro benzene ring substituents is 1. The van der Waals surface area contributed by atoms with E-state index >= 15 is 0 Å². The van der Waals surface area contributed by atoms with Gasteiger partial charge in [-0.3, -0.25) is 15.1 Å². The molecule has 0 fully saturated rings. The lowest BCUT2D eigenvalue weighted by molar-refractivity contribution is -0.384. The molecule has 0 saturated carbocycles. The van der Waals surface area contributed by atoms with Crippen LogP contribution in [0.15, 0.2) is 29.3 Å². The first-order chi connectivity index (χ1) is 6.65. The normalized spacial score (nSPS) is 13.0. The Morgan fingerprint density at radius 2 is 2.07 bits per heavy atom. The summed E-state index contributed by atoms with van der Waals surface area (Å²) in [5.41, 5.74) is 6.58. The number of rotatable bonds is 3. The Bertz CT molecular complexity index is 346. The van der Waals surface area contributed by atoms with Gasteiger partial charge in [0, 0.05) is 25.4 Å². The lowest BCUT2D eigenvalue weighted by Gasteiger charge is -2.04. The molecule has 0 spiro atoms. The van der Waals surface area contributed by atoms with Gasteiger partial charge in [0.1, 0.15) is 0 Å². The van der Waals surface area contributed by atoms with Crippen molar-refractivity contribution in [3.05, 3.63) is 39.9 Å². The second kappa shape index (κ2) is 4.48. The van der Waals surface area contributed by atoms with Crippen LogP contribution in [-0.2, 0) is 0 Å². The highest BCUT2D eigenvalue weighted by Gasteiger charge is 2.06. The van der Waals surface area contributed by atoms with Gasteiger partial charge in [-0.05, 0) is 5.56 Å². The van der Waals surface area contributed by atoms with Gasteiger partial charge in [-0.25, -0.2) is 0 Å². The summed E-state index contributed by atoms with van der Waals surface area (Å²) in [7, 11) is 1.63. The highest BCUT2D eigenvalue weighted by molar-refractivity contribution is 5.66. The van der Waals surface area contributed by atoms with E-state index in [1.807, 2.05) is 0 Å². The molecule has 2 N–H and O–H groups in total. The zero-order chi connectivity index (χ0) is 10.6. The van der Waals surface area contributed by atoms with Crippen molar-refractivity contribution in [2.75, 3.05) is 7.05 Å². The fourth-order valence-electron chi connectivity index (χ4n) is 1.06. The third-order valence-electron chi connectivity index (χ3n) is 1.80. The van der Waals surface area contributed by atoms with Crippen LogP contribution in [0.4, 0.5) is 5.69 Å². The molecular formula is C9H11N3O2. The van der Waals surface area contributed by atoms with E-state index < -0.39 is 4.92 Å². The molecule has 0 amide bonds. The monoisotopic (exact) mass is 193 g/mol. The Kier molecular flexibility index (Phi) is 3.30. The van der Waals surface area contributed by atoms with Crippen LogP contribution in [0.3, 0.4) is 0 Å². The Hall–Kier alpha value is -1.75. The zero-order valence-electron chi connectivity index (χ0n) is 7.75. The first-order valence-corrected chi connectivity index (χ1v) is 4.07. The summed E-state index contributed by atoms with van der Waals surface area (Å²) in [5, 5.41) is 10.4. The first-order valence-electron chi connectivity index (χ1n) is 4.07. The molecule has 0 heterocycles. The van der Waals surface area contributed by atoms with Crippen LogP contribution in [0.1, 0.15) is 11.6 Å². The maximum Gasteiger partial charge on any atom is 0.269 e. The molecule has 74 valence electrons. The van der Waals surface area contributed by atoms with Crippen LogP contribution in [-0.4, -0.2) is 18.2 Å². The van der Waals surface area contributed by atoms with E-state index in [2.05, 4.69) is 4.99 Å². The Labute approximate surface area is 81.4 Å². The van der Waals surface area contributed by atoms with Crippen LogP contribution in [0.25, 0.3) is 0 Å². The predicted molar refractivity (Wildman–Crippen MR) is 54.4 cm³/mol. The van der Waals surface area contributed by atoms with Gasteiger partial charge in [0.15, 0.2) is 0 Å². The van der Waals surface area contributed by atoms with E-state index in [0.29, 0.717) is 0 Å². The van der Waals surface area contributed by atoms with Crippen molar-refractivity contribution >= 4 is 11.9 Å². The number of hydrogen-bond acceptors (Lipinski definition) is 4. The Morgan fingerprint density at radius 3 is 2.50 bits per heavy atom. The van der Waals surface area contributed by atoms with Gasteiger partial charge in [0.05, 0.1) is 11.0 Å². The summed E-state index contributed by atoms with van der Waals surface area (Å²) >= 11 is 0. The summed E-state index contributed by atoms with van der Waals surface area (Å²) in [6.45, 7) is 0. The van der Waals surface area contributed by atoms with Crippen LogP contribution in [0.5, 0.6) is 0 Å². The van der Waals surface area contributed by atoms with Crippen molar-refractivity contribution in [1.29, 1.82) is 0 Å². The maximum atomic E-state index is 10.4. The van der Waals surface area contributed by atoms with Crippen molar-refractivity contribution in [1.82, 2.24) is 0 Å². The molecule has 5 nitrogen and oxygen atoms in total. The van der Waals surface area contributed by atoms with E-state index in [1.54, 1.807) is 25.4 Å². The minimum Gasteiger partial charge on any atom is -0.320 e. The van der Waals surface area contributed by atoms with Crippen LogP contribution in [0.2, 0.25) is 0 Å². The number of nitrogens with two attached hydrogens (primary N) is 1. The number of aliphatic imine (C=N–C) groups is 1. The summed E-state index contributed by atoms with van der Waals surface area (Å²) < 4.78 is 0. The van der Waals surface area contributed by atoms with Gasteiger partial charge in [-0.1, -0.05) is 12.1 Å². The second-order valence-electron chi connectivity index (χ2n) is 2.78. The average molecular weight is 193 g/mol. The molecule has 0 aliphatic rings. The van der Waals surface area contributed by atoms with E-state index in [4.69, 9.17) is 5.73 Å². The van der Waals surface area contributed by atoms with Crippen molar-refractivity contribution in [3.63, 3.8) is 0 Å². The Balaban J connectivity index is 2.88. The molecule has 5 heteroatoms. The molecule has 0 aliphatic heterocycles. The van der Waals surface area contributed by atoms with Crippen molar-refractivity contribution < 1.29 is 4.92 Å². The number of nitro groups is 1. The standard InChI is InChI=1S/C9H11N3O2/c1-11-6-9(10)7-2-4-8(5-3-7)12(13)14/h2-6,9H,10H2,1H3. The number of benzene rings is 1. The molecule has 14 heavy (non-hydrogen) atoms. The third-order valence-corrected chi connectivity index (χ3v) is 1.80. The molecule has 1 unspecified atom stereocenters. The zero-order valence-corrected chi connectivity index (χ0v) is 7.75. The fourth-order valence-corrected chi connectivity index (χ4v) is 1.06. The van der Waals surface area contributed by atoms with E-state index in [9.17, 15) is 10.1 Å². The number of nitrogens with zero attached hydrogens (tertiary/aromatic N) is 2. The Morgan fingerprint density at radius 1 is 1.50 bits per heavy atom. The predicted octanol–water partition coefficient (Wildman–Crippen LogP) is 1.30. The molecule has 1 aromatic carbocycles. The maximum absolute atomic E-state index is 10.4. The first kappa shape index (κ1) is 10.3. The van der Waals surface area contributed by atoms with Gasteiger partial charge in [-0.2, -0.15) is 0 Å². The van der Waals surface area contributed by atoms with E-state index in [0.717, 1.165) is 5.56 Å². The minimum atomic E-state index is -0.441. The van der Waals surface area contributed by atoms with Gasteiger partial charge < -0.3 is 5.73 Å². The molecule has 0 aliphatic carbocycles. The minimum absolute atomic E-state index is 0.0642. The smallest absolute Gasteiger partial charge is 0.269 e. The quantitative estimate of drug-likeness (QED) is 0.446. The highest BCUT2D eigenvalue weighted by Crippen LogP contribution is 2.15. The van der Waals surface area contributed by atoms with E-state index in [-0.39, 0.29) is 11.7 Å². The van der Waals surface area contributed by atoms with Crippen LogP contribution < -0.4 is 5.73 Å². The molecular weight excluding hydrogens is 182 g/mol. The van der Waals surface area contributed by atoms with Crippen LogP contribution >= 0.6 is 0 Å². The molecule has 0 bridgehead atoms. The third kappa shape index (κ3) is 2.37. The van der Waals surface area contributed by atoms with Gasteiger partial charge in [0.25, 0.3) is 5.69 Å². The topological polar surface area (TPSA) is 81.5 Å².